The average Bonchev–Trinajstić information content (AvgIpc) is 2.27. The van der Waals surface area contributed by atoms with Crippen molar-refractivity contribution in [1.82, 2.24) is 5.32 Å². The van der Waals surface area contributed by atoms with E-state index in [-0.39, 0.29) is 17.4 Å². The summed E-state index contributed by atoms with van der Waals surface area (Å²) in [6, 6.07) is 0. The maximum absolute atomic E-state index is 12.2. The van der Waals surface area contributed by atoms with Crippen molar-refractivity contribution in [2.24, 2.45) is 11.1 Å². The number of rotatable bonds is 5. The van der Waals surface area contributed by atoms with Gasteiger partial charge in [0.2, 0.25) is 5.91 Å². The zero-order chi connectivity index (χ0) is 14.0. The second-order valence-electron chi connectivity index (χ2n) is 5.83. The van der Waals surface area contributed by atoms with Crippen molar-refractivity contribution in [3.8, 4) is 0 Å². The number of amides is 1. The number of nitrogens with one attached hydrogen (secondary N) is 1. The summed E-state index contributed by atoms with van der Waals surface area (Å²) < 4.78 is 5.61. The summed E-state index contributed by atoms with van der Waals surface area (Å²) >= 11 is 0. The normalized spacial score (nSPS) is 29.3. The van der Waals surface area contributed by atoms with Gasteiger partial charge in [-0.25, -0.2) is 0 Å². The van der Waals surface area contributed by atoms with Crippen molar-refractivity contribution in [2.75, 3.05) is 13.2 Å². The van der Waals surface area contributed by atoms with E-state index < -0.39 is 5.54 Å². The van der Waals surface area contributed by atoms with E-state index >= 15 is 0 Å². The fourth-order valence-corrected chi connectivity index (χ4v) is 2.33. The molecular weight excluding hydrogens is 228 g/mol. The van der Waals surface area contributed by atoms with Crippen LogP contribution in [-0.4, -0.2) is 30.7 Å². The Hall–Kier alpha value is -0.870. The van der Waals surface area contributed by atoms with Crippen LogP contribution in [0.4, 0.5) is 0 Å². The molecule has 1 fully saturated rings. The largest absolute Gasteiger partial charge is 0.378 e. The molecule has 3 N–H and O–H groups in total. The molecule has 2 unspecified atom stereocenters. The van der Waals surface area contributed by atoms with E-state index in [1.807, 2.05) is 40.7 Å². The standard InChI is InChI=1S/C14H26N2O2/c1-6-18-11-9-14(15,13(11,4)5)12(17)16-8-7-10(2)3/h7,11H,6,8-9,15H2,1-5H3,(H,16,17). The molecule has 0 aromatic carbocycles. The molecule has 1 aliphatic rings. The third-order valence-corrected chi connectivity index (χ3v) is 4.01. The fraction of sp³-hybridized carbons (Fsp3) is 0.786. The van der Waals surface area contributed by atoms with E-state index in [0.717, 1.165) is 0 Å². The molecule has 0 spiro atoms. The van der Waals surface area contributed by atoms with Crippen LogP contribution < -0.4 is 11.1 Å². The van der Waals surface area contributed by atoms with Crippen LogP contribution in [0.1, 0.15) is 41.0 Å². The summed E-state index contributed by atoms with van der Waals surface area (Å²) in [5.41, 5.74) is 6.29. The van der Waals surface area contributed by atoms with Gasteiger partial charge in [-0.1, -0.05) is 25.5 Å². The summed E-state index contributed by atoms with van der Waals surface area (Å²) in [6.45, 7) is 11.2. The summed E-state index contributed by atoms with van der Waals surface area (Å²) in [5, 5.41) is 2.88. The van der Waals surface area contributed by atoms with Crippen LogP contribution in [-0.2, 0) is 9.53 Å². The Morgan fingerprint density at radius 2 is 2.11 bits per heavy atom. The molecule has 0 bridgehead atoms. The zero-order valence-corrected chi connectivity index (χ0v) is 12.2. The van der Waals surface area contributed by atoms with Crippen LogP contribution in [0.2, 0.25) is 0 Å². The van der Waals surface area contributed by atoms with E-state index in [1.54, 1.807) is 0 Å². The van der Waals surface area contributed by atoms with E-state index in [0.29, 0.717) is 19.6 Å². The van der Waals surface area contributed by atoms with E-state index in [2.05, 4.69) is 5.32 Å². The minimum Gasteiger partial charge on any atom is -0.378 e. The molecule has 0 saturated heterocycles. The Morgan fingerprint density at radius 3 is 2.56 bits per heavy atom. The van der Waals surface area contributed by atoms with Gasteiger partial charge >= 0.3 is 0 Å². The van der Waals surface area contributed by atoms with Crippen molar-refractivity contribution >= 4 is 5.91 Å². The van der Waals surface area contributed by atoms with Crippen molar-refractivity contribution < 1.29 is 9.53 Å². The Bertz CT molecular complexity index is 346. The Morgan fingerprint density at radius 1 is 1.50 bits per heavy atom. The SMILES string of the molecule is CCOC1CC(N)(C(=O)NCC=C(C)C)C1(C)C. The summed E-state index contributed by atoms with van der Waals surface area (Å²) in [4.78, 5) is 12.2. The molecule has 1 aliphatic carbocycles. The number of carbonyl (C=O) groups excluding carboxylic acids is 1. The molecule has 0 radical (unpaired) electrons. The number of carbonyl (C=O) groups is 1. The fourth-order valence-electron chi connectivity index (χ4n) is 2.33. The van der Waals surface area contributed by atoms with Gasteiger partial charge in [0.1, 0.15) is 5.54 Å². The first kappa shape index (κ1) is 15.2. The average molecular weight is 254 g/mol. The lowest BCUT2D eigenvalue weighted by molar-refractivity contribution is -0.170. The first-order valence-corrected chi connectivity index (χ1v) is 6.58. The van der Waals surface area contributed by atoms with Gasteiger partial charge < -0.3 is 15.8 Å². The molecule has 104 valence electrons. The van der Waals surface area contributed by atoms with Crippen LogP contribution in [0.3, 0.4) is 0 Å². The van der Waals surface area contributed by atoms with Crippen molar-refractivity contribution in [3.05, 3.63) is 11.6 Å². The Balaban J connectivity index is 2.61. The van der Waals surface area contributed by atoms with Crippen LogP contribution in [0.5, 0.6) is 0 Å². The number of nitrogens with two attached hydrogens (primary N) is 1. The first-order valence-electron chi connectivity index (χ1n) is 6.58. The number of hydrogen-bond acceptors (Lipinski definition) is 3. The molecule has 0 aromatic heterocycles. The predicted molar refractivity (Wildman–Crippen MR) is 73.2 cm³/mol. The molecule has 1 rings (SSSR count). The summed E-state index contributed by atoms with van der Waals surface area (Å²) in [5.74, 6) is -0.0825. The van der Waals surface area contributed by atoms with Gasteiger partial charge in [-0.2, -0.15) is 0 Å². The lowest BCUT2D eigenvalue weighted by Gasteiger charge is -2.57. The zero-order valence-electron chi connectivity index (χ0n) is 12.2. The first-order chi connectivity index (χ1) is 8.25. The van der Waals surface area contributed by atoms with Gasteiger partial charge in [0.25, 0.3) is 0 Å². The highest BCUT2D eigenvalue weighted by molar-refractivity contribution is 5.88. The van der Waals surface area contributed by atoms with Gasteiger partial charge in [-0.15, -0.1) is 0 Å². The van der Waals surface area contributed by atoms with Crippen molar-refractivity contribution in [2.45, 2.75) is 52.7 Å². The molecular formula is C14H26N2O2. The molecule has 18 heavy (non-hydrogen) atoms. The molecule has 1 saturated carbocycles. The van der Waals surface area contributed by atoms with Gasteiger partial charge in [-0.05, 0) is 20.8 Å². The third-order valence-electron chi connectivity index (χ3n) is 4.01. The highest BCUT2D eigenvalue weighted by atomic mass is 16.5. The number of hydrogen-bond donors (Lipinski definition) is 2. The minimum atomic E-state index is -0.817. The van der Waals surface area contributed by atoms with Crippen LogP contribution in [0.15, 0.2) is 11.6 Å². The number of allylic oxidation sites excluding steroid dienone is 1. The quantitative estimate of drug-likeness (QED) is 0.732. The Labute approximate surface area is 110 Å². The van der Waals surface area contributed by atoms with Gasteiger partial charge in [0.05, 0.1) is 6.10 Å². The molecule has 0 aromatic rings. The van der Waals surface area contributed by atoms with Crippen LogP contribution >= 0.6 is 0 Å². The van der Waals surface area contributed by atoms with Crippen molar-refractivity contribution in [1.29, 1.82) is 0 Å². The van der Waals surface area contributed by atoms with Crippen molar-refractivity contribution in [3.63, 3.8) is 0 Å². The minimum absolute atomic E-state index is 0.0710. The molecule has 0 heterocycles. The molecule has 2 atom stereocenters. The molecule has 0 aliphatic heterocycles. The van der Waals surface area contributed by atoms with Crippen LogP contribution in [0.25, 0.3) is 0 Å². The van der Waals surface area contributed by atoms with E-state index in [4.69, 9.17) is 10.5 Å². The maximum atomic E-state index is 12.2. The monoisotopic (exact) mass is 254 g/mol. The summed E-state index contributed by atoms with van der Waals surface area (Å²) in [7, 11) is 0. The molecule has 4 nitrogen and oxygen atoms in total. The topological polar surface area (TPSA) is 64.3 Å². The highest BCUT2D eigenvalue weighted by Gasteiger charge is 2.62. The highest BCUT2D eigenvalue weighted by Crippen LogP contribution is 2.49. The predicted octanol–water partition coefficient (Wildman–Crippen LogP) is 1.60. The van der Waals surface area contributed by atoms with Gasteiger partial charge in [0, 0.05) is 25.0 Å². The lowest BCUT2D eigenvalue weighted by atomic mass is 9.54. The van der Waals surface area contributed by atoms with Crippen LogP contribution in [0, 0.1) is 5.41 Å². The van der Waals surface area contributed by atoms with E-state index in [1.165, 1.54) is 5.57 Å². The summed E-state index contributed by atoms with van der Waals surface area (Å²) in [6.07, 6.45) is 2.64. The van der Waals surface area contributed by atoms with Gasteiger partial charge in [0.15, 0.2) is 0 Å². The molecule has 4 heteroatoms. The van der Waals surface area contributed by atoms with E-state index in [9.17, 15) is 4.79 Å². The molecule has 1 amide bonds. The third kappa shape index (κ3) is 2.59. The van der Waals surface area contributed by atoms with Gasteiger partial charge in [-0.3, -0.25) is 4.79 Å². The lowest BCUT2D eigenvalue weighted by Crippen LogP contribution is -2.75. The smallest absolute Gasteiger partial charge is 0.241 e. The second-order valence-corrected chi connectivity index (χ2v) is 5.83. The Kier molecular flexibility index (Phi) is 4.56. The second kappa shape index (κ2) is 5.41. The maximum Gasteiger partial charge on any atom is 0.241 e. The number of ether oxygens (including phenoxy) is 1.